The number of aryl methyl sites for hydroxylation is 1. The zero-order chi connectivity index (χ0) is 19.8. The van der Waals surface area contributed by atoms with E-state index in [0.29, 0.717) is 10.8 Å². The summed E-state index contributed by atoms with van der Waals surface area (Å²) in [6.07, 6.45) is 1.14. The lowest BCUT2D eigenvalue weighted by Gasteiger charge is -2.25. The molecule has 1 heterocycles. The van der Waals surface area contributed by atoms with E-state index in [2.05, 4.69) is 4.98 Å². The van der Waals surface area contributed by atoms with Crippen LogP contribution in [0.1, 0.15) is 18.1 Å². The lowest BCUT2D eigenvalue weighted by atomic mass is 10.1. The Morgan fingerprint density at radius 1 is 1.15 bits per heavy atom. The van der Waals surface area contributed by atoms with Gasteiger partial charge < -0.3 is 4.90 Å². The molecule has 0 atom stereocenters. The third-order valence-electron chi connectivity index (χ3n) is 4.31. The van der Waals surface area contributed by atoms with E-state index in [4.69, 9.17) is 11.6 Å². The van der Waals surface area contributed by atoms with Crippen LogP contribution in [0.25, 0.3) is 10.9 Å². The standard InChI is InChI=1S/C20H19ClN2O3S/c1-13-5-4-6-18(27(3,25)26)20(13)23(14(2)24)12-15-7-8-16-9-10-19(21)22-17(16)11-15/h4-11H,12H2,1-3H3. The normalized spacial score (nSPS) is 11.6. The number of carbonyl (C=O) groups is 1. The second-order valence-corrected chi connectivity index (χ2v) is 8.83. The Hall–Kier alpha value is -2.44. The number of nitrogens with zero attached hydrogens (tertiary/aromatic N) is 2. The van der Waals surface area contributed by atoms with Crippen molar-refractivity contribution in [1.82, 2.24) is 4.98 Å². The average molecular weight is 403 g/mol. The molecule has 5 nitrogen and oxygen atoms in total. The fraction of sp³-hybridized carbons (Fsp3) is 0.200. The SMILES string of the molecule is CC(=O)N(Cc1ccc2ccc(Cl)nc2c1)c1c(C)cccc1S(C)(=O)=O. The van der Waals surface area contributed by atoms with Crippen LogP contribution >= 0.6 is 11.6 Å². The van der Waals surface area contributed by atoms with E-state index in [0.717, 1.165) is 28.3 Å². The van der Waals surface area contributed by atoms with Gasteiger partial charge in [-0.1, -0.05) is 35.9 Å². The molecule has 0 aliphatic rings. The van der Waals surface area contributed by atoms with E-state index in [9.17, 15) is 13.2 Å². The van der Waals surface area contributed by atoms with Crippen molar-refractivity contribution in [1.29, 1.82) is 0 Å². The number of aromatic nitrogens is 1. The van der Waals surface area contributed by atoms with Crippen molar-refractivity contribution in [2.24, 2.45) is 0 Å². The molecule has 3 rings (SSSR count). The van der Waals surface area contributed by atoms with Crippen LogP contribution in [0.4, 0.5) is 5.69 Å². The Morgan fingerprint density at radius 2 is 1.85 bits per heavy atom. The van der Waals surface area contributed by atoms with Crippen LogP contribution < -0.4 is 4.90 Å². The van der Waals surface area contributed by atoms with E-state index >= 15 is 0 Å². The van der Waals surface area contributed by atoms with Gasteiger partial charge in [0.05, 0.1) is 22.6 Å². The Morgan fingerprint density at radius 3 is 2.52 bits per heavy atom. The van der Waals surface area contributed by atoms with Gasteiger partial charge in [-0.25, -0.2) is 13.4 Å². The van der Waals surface area contributed by atoms with E-state index in [1.54, 1.807) is 25.1 Å². The zero-order valence-electron chi connectivity index (χ0n) is 15.2. The maximum atomic E-state index is 12.4. The predicted octanol–water partition coefficient (Wildman–Crippen LogP) is 4.15. The van der Waals surface area contributed by atoms with Crippen LogP contribution in [0.5, 0.6) is 0 Å². The number of para-hydroxylation sites is 1. The molecule has 27 heavy (non-hydrogen) atoms. The summed E-state index contributed by atoms with van der Waals surface area (Å²) < 4.78 is 24.5. The summed E-state index contributed by atoms with van der Waals surface area (Å²) in [7, 11) is -3.49. The maximum absolute atomic E-state index is 12.4. The van der Waals surface area contributed by atoms with Gasteiger partial charge >= 0.3 is 0 Å². The number of rotatable bonds is 4. The molecule has 0 radical (unpaired) electrons. The molecule has 0 bridgehead atoms. The predicted molar refractivity (Wildman–Crippen MR) is 108 cm³/mol. The van der Waals surface area contributed by atoms with Crippen molar-refractivity contribution >= 4 is 43.9 Å². The summed E-state index contributed by atoms with van der Waals surface area (Å²) in [5, 5.41) is 1.33. The summed E-state index contributed by atoms with van der Waals surface area (Å²) in [4.78, 5) is 18.3. The van der Waals surface area contributed by atoms with E-state index in [1.165, 1.54) is 17.9 Å². The van der Waals surface area contributed by atoms with Crippen molar-refractivity contribution < 1.29 is 13.2 Å². The summed E-state index contributed by atoms with van der Waals surface area (Å²) in [6, 6.07) is 14.2. The van der Waals surface area contributed by atoms with Gasteiger partial charge in [0.25, 0.3) is 0 Å². The van der Waals surface area contributed by atoms with Gasteiger partial charge in [-0.05, 0) is 42.3 Å². The highest BCUT2D eigenvalue weighted by atomic mass is 35.5. The lowest BCUT2D eigenvalue weighted by molar-refractivity contribution is -0.116. The van der Waals surface area contributed by atoms with E-state index in [-0.39, 0.29) is 17.3 Å². The first-order valence-corrected chi connectivity index (χ1v) is 10.6. The van der Waals surface area contributed by atoms with Gasteiger partial charge in [0, 0.05) is 18.6 Å². The molecular formula is C20H19ClN2O3S. The molecule has 7 heteroatoms. The summed E-state index contributed by atoms with van der Waals surface area (Å²) in [6.45, 7) is 3.45. The Kier molecular flexibility index (Phi) is 5.22. The first kappa shape index (κ1) is 19.3. The van der Waals surface area contributed by atoms with Gasteiger partial charge in [-0.2, -0.15) is 0 Å². The molecule has 0 spiro atoms. The number of carbonyl (C=O) groups excluding carboxylic acids is 1. The number of hydrogen-bond donors (Lipinski definition) is 0. The highest BCUT2D eigenvalue weighted by Gasteiger charge is 2.23. The monoisotopic (exact) mass is 402 g/mol. The highest BCUT2D eigenvalue weighted by Crippen LogP contribution is 2.31. The number of pyridine rings is 1. The van der Waals surface area contributed by atoms with Gasteiger partial charge in [0.1, 0.15) is 5.15 Å². The van der Waals surface area contributed by atoms with Crippen molar-refractivity contribution in [2.75, 3.05) is 11.2 Å². The Labute approximate surface area is 163 Å². The largest absolute Gasteiger partial charge is 0.307 e. The number of anilines is 1. The molecule has 140 valence electrons. The molecule has 1 aromatic heterocycles. The van der Waals surface area contributed by atoms with Gasteiger partial charge in [0.15, 0.2) is 9.84 Å². The molecule has 0 saturated carbocycles. The number of hydrogen-bond acceptors (Lipinski definition) is 4. The van der Waals surface area contributed by atoms with Crippen LogP contribution in [0.3, 0.4) is 0 Å². The molecule has 0 N–H and O–H groups in total. The third kappa shape index (κ3) is 4.12. The van der Waals surface area contributed by atoms with Crippen molar-refractivity contribution in [3.63, 3.8) is 0 Å². The smallest absolute Gasteiger partial charge is 0.224 e. The van der Waals surface area contributed by atoms with Crippen LogP contribution in [0, 0.1) is 6.92 Å². The van der Waals surface area contributed by atoms with Gasteiger partial charge in [0.2, 0.25) is 5.91 Å². The third-order valence-corrected chi connectivity index (χ3v) is 5.65. The first-order chi connectivity index (χ1) is 12.7. The fourth-order valence-corrected chi connectivity index (χ4v) is 4.15. The summed E-state index contributed by atoms with van der Waals surface area (Å²) in [5.74, 6) is -0.242. The first-order valence-electron chi connectivity index (χ1n) is 8.30. The highest BCUT2D eigenvalue weighted by molar-refractivity contribution is 7.90. The molecule has 0 fully saturated rings. The molecule has 0 aliphatic carbocycles. The summed E-state index contributed by atoms with van der Waals surface area (Å²) in [5.41, 5.74) is 2.67. The van der Waals surface area contributed by atoms with Gasteiger partial charge in [-0.15, -0.1) is 0 Å². The van der Waals surface area contributed by atoms with E-state index < -0.39 is 9.84 Å². The van der Waals surface area contributed by atoms with Crippen molar-refractivity contribution in [3.8, 4) is 0 Å². The zero-order valence-corrected chi connectivity index (χ0v) is 16.8. The van der Waals surface area contributed by atoms with E-state index in [1.807, 2.05) is 24.3 Å². The molecule has 3 aromatic rings. The number of fused-ring (bicyclic) bond motifs is 1. The number of sulfone groups is 1. The second kappa shape index (κ2) is 7.29. The quantitative estimate of drug-likeness (QED) is 0.615. The van der Waals surface area contributed by atoms with Crippen LogP contribution in [0.15, 0.2) is 53.4 Å². The van der Waals surface area contributed by atoms with Crippen molar-refractivity contribution in [3.05, 3.63) is 64.8 Å². The minimum atomic E-state index is -3.49. The number of halogens is 1. The van der Waals surface area contributed by atoms with Crippen LogP contribution in [-0.4, -0.2) is 25.6 Å². The average Bonchev–Trinajstić information content (AvgIpc) is 2.58. The number of benzene rings is 2. The molecule has 2 aromatic carbocycles. The fourth-order valence-electron chi connectivity index (χ4n) is 3.04. The van der Waals surface area contributed by atoms with Gasteiger partial charge in [-0.3, -0.25) is 4.79 Å². The van der Waals surface area contributed by atoms with Crippen LogP contribution in [-0.2, 0) is 21.2 Å². The Balaban J connectivity index is 2.10. The topological polar surface area (TPSA) is 67.3 Å². The number of amides is 1. The molecule has 0 saturated heterocycles. The molecule has 0 aliphatic heterocycles. The molecule has 1 amide bonds. The Bertz CT molecular complexity index is 1140. The summed E-state index contributed by atoms with van der Waals surface area (Å²) >= 11 is 5.97. The second-order valence-electron chi connectivity index (χ2n) is 6.46. The maximum Gasteiger partial charge on any atom is 0.224 e. The minimum Gasteiger partial charge on any atom is -0.307 e. The molecular weight excluding hydrogens is 384 g/mol. The van der Waals surface area contributed by atoms with Crippen LogP contribution in [0.2, 0.25) is 5.15 Å². The molecule has 0 unspecified atom stereocenters. The van der Waals surface area contributed by atoms with Crippen molar-refractivity contribution in [2.45, 2.75) is 25.3 Å². The lowest BCUT2D eigenvalue weighted by Crippen LogP contribution is -2.30. The minimum absolute atomic E-state index is 0.139.